The van der Waals surface area contributed by atoms with E-state index in [1.807, 2.05) is 29.0 Å². The molecule has 3 heterocycles. The molecule has 0 saturated heterocycles. The Balaban J connectivity index is 1.65. The molecule has 7 nitrogen and oxygen atoms in total. The summed E-state index contributed by atoms with van der Waals surface area (Å²) in [5, 5.41) is 6.25. The number of amides is 2. The molecule has 1 saturated carbocycles. The number of thiophene rings is 1. The van der Waals surface area contributed by atoms with Crippen molar-refractivity contribution in [2.75, 3.05) is 19.1 Å². The van der Waals surface area contributed by atoms with Crippen molar-refractivity contribution in [2.45, 2.75) is 50.7 Å². The third kappa shape index (κ3) is 3.16. The number of nitrogens with one attached hydrogen (secondary N) is 1. The molecule has 1 aromatic carbocycles. The zero-order valence-electron chi connectivity index (χ0n) is 18.5. The van der Waals surface area contributed by atoms with Gasteiger partial charge in [0.1, 0.15) is 27.6 Å². The average molecular weight is 454 g/mol. The summed E-state index contributed by atoms with van der Waals surface area (Å²) in [7, 11) is 3.14. The first kappa shape index (κ1) is 20.9. The van der Waals surface area contributed by atoms with Crippen LogP contribution < -0.4 is 19.7 Å². The molecule has 0 bridgehead atoms. The van der Waals surface area contributed by atoms with Gasteiger partial charge < -0.3 is 19.4 Å². The second-order valence-electron chi connectivity index (χ2n) is 8.70. The van der Waals surface area contributed by atoms with Crippen LogP contribution in [0.25, 0.3) is 10.2 Å². The van der Waals surface area contributed by atoms with Crippen molar-refractivity contribution < 1.29 is 19.1 Å². The largest absolute Gasteiger partial charge is 0.497 e. The Kier molecular flexibility index (Phi) is 5.12. The first-order valence-electron chi connectivity index (χ1n) is 10.9. The van der Waals surface area contributed by atoms with Gasteiger partial charge in [-0.2, -0.15) is 0 Å². The van der Waals surface area contributed by atoms with Gasteiger partial charge in [0.15, 0.2) is 0 Å². The predicted molar refractivity (Wildman–Crippen MR) is 125 cm³/mol. The van der Waals surface area contributed by atoms with Gasteiger partial charge in [0.05, 0.1) is 26.5 Å². The molecule has 3 aromatic rings. The molecule has 5 rings (SSSR count). The molecule has 1 aliphatic heterocycles. The van der Waals surface area contributed by atoms with Crippen molar-refractivity contribution in [3.63, 3.8) is 0 Å². The average Bonchev–Trinajstić information content (AvgIpc) is 3.53. The maximum Gasteiger partial charge on any atom is 0.276 e. The number of ether oxygens (including phenoxy) is 2. The van der Waals surface area contributed by atoms with E-state index < -0.39 is 5.54 Å². The van der Waals surface area contributed by atoms with Crippen molar-refractivity contribution in [1.82, 2.24) is 9.88 Å². The molecule has 1 aliphatic carbocycles. The van der Waals surface area contributed by atoms with Gasteiger partial charge in [-0.3, -0.25) is 14.5 Å². The van der Waals surface area contributed by atoms with Crippen LogP contribution in [-0.4, -0.2) is 42.2 Å². The number of aromatic nitrogens is 1. The van der Waals surface area contributed by atoms with E-state index in [9.17, 15) is 9.59 Å². The highest BCUT2D eigenvalue weighted by atomic mass is 32.1. The minimum Gasteiger partial charge on any atom is -0.497 e. The molecule has 1 N–H and O–H groups in total. The number of hydrogen-bond donors (Lipinski definition) is 1. The number of nitrogens with zero attached hydrogens (tertiary/aromatic N) is 2. The topological polar surface area (TPSA) is 72.8 Å². The van der Waals surface area contributed by atoms with E-state index >= 15 is 0 Å². The van der Waals surface area contributed by atoms with Gasteiger partial charge in [0.2, 0.25) is 5.91 Å². The van der Waals surface area contributed by atoms with Crippen molar-refractivity contribution in [1.29, 1.82) is 0 Å². The van der Waals surface area contributed by atoms with Gasteiger partial charge in [-0.1, -0.05) is 12.8 Å². The maximum atomic E-state index is 13.9. The smallest absolute Gasteiger partial charge is 0.276 e. The van der Waals surface area contributed by atoms with E-state index in [0.29, 0.717) is 29.4 Å². The third-order valence-electron chi connectivity index (χ3n) is 6.69. The zero-order valence-corrected chi connectivity index (χ0v) is 19.3. The Morgan fingerprint density at radius 3 is 2.66 bits per heavy atom. The number of carbonyl (C=O) groups excluding carboxylic acids is 2. The van der Waals surface area contributed by atoms with E-state index in [2.05, 4.69) is 5.32 Å². The van der Waals surface area contributed by atoms with Crippen LogP contribution in [0.2, 0.25) is 0 Å². The van der Waals surface area contributed by atoms with Gasteiger partial charge in [0.25, 0.3) is 5.91 Å². The predicted octanol–water partition coefficient (Wildman–Crippen LogP) is 4.20. The molecule has 32 heavy (non-hydrogen) atoms. The van der Waals surface area contributed by atoms with Crippen molar-refractivity contribution in [2.24, 2.45) is 0 Å². The molecule has 0 spiro atoms. The molecule has 2 aromatic heterocycles. The molecular weight excluding hydrogens is 426 g/mol. The van der Waals surface area contributed by atoms with Crippen LogP contribution in [0.15, 0.2) is 35.7 Å². The number of fused-ring (bicyclic) bond motifs is 3. The van der Waals surface area contributed by atoms with Crippen molar-refractivity contribution in [3.05, 3.63) is 41.4 Å². The summed E-state index contributed by atoms with van der Waals surface area (Å²) >= 11 is 1.58. The quantitative estimate of drug-likeness (QED) is 0.629. The van der Waals surface area contributed by atoms with Crippen LogP contribution in [0.3, 0.4) is 0 Å². The van der Waals surface area contributed by atoms with Crippen molar-refractivity contribution in [3.8, 4) is 11.5 Å². The fraction of sp³-hybridized carbons (Fsp3) is 0.417. The van der Waals surface area contributed by atoms with Gasteiger partial charge in [0, 0.05) is 17.5 Å². The summed E-state index contributed by atoms with van der Waals surface area (Å²) in [6, 6.07) is 9.38. The Morgan fingerprint density at radius 2 is 1.94 bits per heavy atom. The summed E-state index contributed by atoms with van der Waals surface area (Å²) in [6.07, 6.45) is 4.19. The molecule has 8 heteroatoms. The number of hydrogen-bond acceptors (Lipinski definition) is 5. The van der Waals surface area contributed by atoms with Crippen LogP contribution in [0, 0.1) is 0 Å². The van der Waals surface area contributed by atoms with Gasteiger partial charge in [-0.15, -0.1) is 11.3 Å². The number of methoxy groups -OCH3 is 2. The summed E-state index contributed by atoms with van der Waals surface area (Å²) in [5.41, 5.74) is 0.0128. The van der Waals surface area contributed by atoms with Crippen LogP contribution in [0.1, 0.15) is 43.1 Å². The second kappa shape index (κ2) is 7.85. The second-order valence-corrected chi connectivity index (χ2v) is 9.60. The molecule has 0 radical (unpaired) electrons. The SMILES string of the molecule is COc1ccc(N2C(=O)c3cc4ccsc4n3C[C@@]2(C)C(=O)NC2CCCC2)c(OC)c1. The van der Waals surface area contributed by atoms with Gasteiger partial charge >= 0.3 is 0 Å². The Bertz CT molecular complexity index is 1190. The molecular formula is C24H27N3O4S. The summed E-state index contributed by atoms with van der Waals surface area (Å²) < 4.78 is 12.9. The summed E-state index contributed by atoms with van der Waals surface area (Å²) in [6.45, 7) is 2.22. The van der Waals surface area contributed by atoms with Crippen molar-refractivity contribution >= 4 is 39.1 Å². The lowest BCUT2D eigenvalue weighted by atomic mass is 9.93. The molecule has 168 valence electrons. The number of rotatable bonds is 5. The van der Waals surface area contributed by atoms with Crippen LogP contribution in [0.4, 0.5) is 5.69 Å². The highest BCUT2D eigenvalue weighted by Gasteiger charge is 2.50. The van der Waals surface area contributed by atoms with Crippen LogP contribution >= 0.6 is 11.3 Å². The first-order chi connectivity index (χ1) is 15.5. The zero-order chi connectivity index (χ0) is 22.5. The number of carbonyl (C=O) groups is 2. The number of anilines is 1. The van der Waals surface area contributed by atoms with Crippen LogP contribution in [0.5, 0.6) is 11.5 Å². The Hall–Kier alpha value is -3.00. The van der Waals surface area contributed by atoms with E-state index in [1.54, 1.807) is 48.7 Å². The monoisotopic (exact) mass is 453 g/mol. The Labute approximate surface area is 190 Å². The first-order valence-corrected chi connectivity index (χ1v) is 11.8. The Morgan fingerprint density at radius 1 is 1.16 bits per heavy atom. The van der Waals surface area contributed by atoms with Crippen LogP contribution in [-0.2, 0) is 11.3 Å². The minimum atomic E-state index is -1.12. The molecule has 1 fully saturated rings. The van der Waals surface area contributed by atoms with E-state index in [4.69, 9.17) is 9.47 Å². The molecule has 2 aliphatic rings. The molecule has 0 unspecified atom stereocenters. The lowest BCUT2D eigenvalue weighted by Gasteiger charge is -2.44. The normalized spacial score (nSPS) is 21.1. The van der Waals surface area contributed by atoms with E-state index in [1.165, 1.54) is 0 Å². The highest BCUT2D eigenvalue weighted by molar-refractivity contribution is 7.16. The lowest BCUT2D eigenvalue weighted by molar-refractivity contribution is -0.127. The minimum absolute atomic E-state index is 0.139. The fourth-order valence-electron chi connectivity index (χ4n) is 4.96. The number of benzene rings is 1. The fourth-order valence-corrected chi connectivity index (χ4v) is 5.85. The molecule has 1 atom stereocenters. The van der Waals surface area contributed by atoms with Gasteiger partial charge in [-0.25, -0.2) is 0 Å². The van der Waals surface area contributed by atoms with E-state index in [0.717, 1.165) is 35.9 Å². The van der Waals surface area contributed by atoms with Gasteiger partial charge in [-0.05, 0) is 49.4 Å². The molecule has 2 amide bonds. The third-order valence-corrected chi connectivity index (χ3v) is 7.64. The van der Waals surface area contributed by atoms with E-state index in [-0.39, 0.29) is 17.9 Å². The maximum absolute atomic E-state index is 13.9. The lowest BCUT2D eigenvalue weighted by Crippen LogP contribution is -2.65. The standard InChI is InChI=1S/C24H27N3O4S/c1-24(23(29)25-16-6-4-5-7-16)14-26-19(12-15-10-11-32-22(15)26)21(28)27(24)18-9-8-17(30-2)13-20(18)31-3/h8-13,16H,4-7,14H2,1-3H3,(H,25,29)/t24-/m0/s1. The summed E-state index contributed by atoms with van der Waals surface area (Å²) in [4.78, 5) is 30.3. The summed E-state index contributed by atoms with van der Waals surface area (Å²) in [5.74, 6) is 0.752. The highest BCUT2D eigenvalue weighted by Crippen LogP contribution is 2.42.